The lowest BCUT2D eigenvalue weighted by atomic mass is 9.87. The van der Waals surface area contributed by atoms with Gasteiger partial charge in [-0.25, -0.2) is 0 Å². The Morgan fingerprint density at radius 3 is 2.72 bits per heavy atom. The molecule has 0 saturated carbocycles. The van der Waals surface area contributed by atoms with Crippen LogP contribution in [0.1, 0.15) is 26.2 Å². The number of hydrogen-bond donors (Lipinski definition) is 2. The van der Waals surface area contributed by atoms with Crippen molar-refractivity contribution in [3.8, 4) is 5.75 Å². The van der Waals surface area contributed by atoms with E-state index in [1.807, 2.05) is 24.3 Å². The Morgan fingerprint density at radius 2 is 2.08 bits per heavy atom. The molecule has 2 saturated heterocycles. The standard InChI is InChI=1S/C19H29N3O2.ClH/c1-19(9-10-20-13-19)14-22-11-7-15(8-12-22)18(23)21-16-5-3-4-6-17(16)24-2;/h3-6,15,20H,7-14H2,1-2H3,(H,21,23);1H. The molecular formula is C19H30ClN3O2. The monoisotopic (exact) mass is 367 g/mol. The Morgan fingerprint density at radius 1 is 1.36 bits per heavy atom. The fourth-order valence-electron chi connectivity index (χ4n) is 3.88. The molecule has 1 atom stereocenters. The van der Waals surface area contributed by atoms with Crippen molar-refractivity contribution in [3.63, 3.8) is 0 Å². The Balaban J connectivity index is 0.00000225. The third-order valence-corrected chi connectivity index (χ3v) is 5.39. The molecule has 0 bridgehead atoms. The molecule has 3 rings (SSSR count). The van der Waals surface area contributed by atoms with Crippen molar-refractivity contribution >= 4 is 24.0 Å². The van der Waals surface area contributed by atoms with Gasteiger partial charge in [0, 0.05) is 19.0 Å². The Bertz CT molecular complexity index is 568. The van der Waals surface area contributed by atoms with E-state index in [1.54, 1.807) is 7.11 Å². The van der Waals surface area contributed by atoms with Crippen molar-refractivity contribution in [2.45, 2.75) is 26.2 Å². The van der Waals surface area contributed by atoms with Crippen LogP contribution < -0.4 is 15.4 Å². The molecule has 1 amide bonds. The maximum atomic E-state index is 12.6. The molecule has 1 unspecified atom stereocenters. The maximum absolute atomic E-state index is 12.6. The van der Waals surface area contributed by atoms with Crippen molar-refractivity contribution in [2.24, 2.45) is 11.3 Å². The lowest BCUT2D eigenvalue weighted by Crippen LogP contribution is -2.43. The fraction of sp³-hybridized carbons (Fsp3) is 0.632. The number of anilines is 1. The number of benzene rings is 1. The molecule has 2 aliphatic rings. The van der Waals surface area contributed by atoms with Gasteiger partial charge < -0.3 is 20.3 Å². The second-order valence-electron chi connectivity index (χ2n) is 7.48. The quantitative estimate of drug-likeness (QED) is 0.840. The summed E-state index contributed by atoms with van der Waals surface area (Å²) >= 11 is 0. The third-order valence-electron chi connectivity index (χ3n) is 5.39. The summed E-state index contributed by atoms with van der Waals surface area (Å²) < 4.78 is 5.31. The highest BCUT2D eigenvalue weighted by molar-refractivity contribution is 5.94. The summed E-state index contributed by atoms with van der Waals surface area (Å²) in [6.45, 7) is 7.78. The lowest BCUT2D eigenvalue weighted by molar-refractivity contribution is -0.121. The van der Waals surface area contributed by atoms with E-state index >= 15 is 0 Å². The molecule has 2 N–H and O–H groups in total. The number of nitrogens with one attached hydrogen (secondary N) is 2. The van der Waals surface area contributed by atoms with Crippen LogP contribution in [0.4, 0.5) is 5.69 Å². The summed E-state index contributed by atoms with van der Waals surface area (Å²) in [7, 11) is 1.63. The number of halogens is 1. The zero-order chi connectivity index (χ0) is 17.0. The van der Waals surface area contributed by atoms with Gasteiger partial charge in [0.15, 0.2) is 0 Å². The minimum Gasteiger partial charge on any atom is -0.495 e. The summed E-state index contributed by atoms with van der Waals surface area (Å²) in [5, 5.41) is 6.50. The van der Waals surface area contributed by atoms with Crippen LogP contribution in [-0.2, 0) is 4.79 Å². The van der Waals surface area contributed by atoms with Gasteiger partial charge in [-0.15, -0.1) is 12.4 Å². The van der Waals surface area contributed by atoms with Crippen molar-refractivity contribution in [1.29, 1.82) is 0 Å². The molecule has 2 heterocycles. The number of carbonyl (C=O) groups excluding carboxylic acids is 1. The zero-order valence-electron chi connectivity index (χ0n) is 15.2. The minimum atomic E-state index is 0. The van der Waals surface area contributed by atoms with Crippen LogP contribution in [0.2, 0.25) is 0 Å². The summed E-state index contributed by atoms with van der Waals surface area (Å²) in [5.74, 6) is 0.929. The molecule has 25 heavy (non-hydrogen) atoms. The molecule has 0 aliphatic carbocycles. The van der Waals surface area contributed by atoms with Crippen LogP contribution in [0.15, 0.2) is 24.3 Å². The van der Waals surface area contributed by atoms with E-state index in [0.29, 0.717) is 11.2 Å². The molecule has 0 radical (unpaired) electrons. The minimum absolute atomic E-state index is 0. The molecule has 140 valence electrons. The van der Waals surface area contributed by atoms with Gasteiger partial charge in [-0.2, -0.15) is 0 Å². The molecule has 1 aromatic carbocycles. The number of carbonyl (C=O) groups is 1. The molecule has 6 heteroatoms. The third kappa shape index (κ3) is 5.09. The average Bonchev–Trinajstić information content (AvgIpc) is 3.02. The summed E-state index contributed by atoms with van der Waals surface area (Å²) in [5.41, 5.74) is 1.16. The molecule has 5 nitrogen and oxygen atoms in total. The van der Waals surface area contributed by atoms with Gasteiger partial charge in [-0.3, -0.25) is 4.79 Å². The summed E-state index contributed by atoms with van der Waals surface area (Å²) in [4.78, 5) is 15.1. The second-order valence-corrected chi connectivity index (χ2v) is 7.48. The van der Waals surface area contributed by atoms with Crippen LogP contribution in [0.3, 0.4) is 0 Å². The van der Waals surface area contributed by atoms with Crippen LogP contribution in [0, 0.1) is 11.3 Å². The SMILES string of the molecule is COc1ccccc1NC(=O)C1CCN(CC2(C)CCNC2)CC1.Cl. The number of hydrogen-bond acceptors (Lipinski definition) is 4. The van der Waals surface area contributed by atoms with Gasteiger partial charge in [0.05, 0.1) is 12.8 Å². The first kappa shape index (κ1) is 20.0. The zero-order valence-corrected chi connectivity index (χ0v) is 16.0. The van der Waals surface area contributed by atoms with Crippen LogP contribution in [0.5, 0.6) is 5.75 Å². The van der Waals surface area contributed by atoms with Crippen LogP contribution in [-0.4, -0.2) is 50.6 Å². The van der Waals surface area contributed by atoms with Gasteiger partial charge >= 0.3 is 0 Å². The largest absolute Gasteiger partial charge is 0.495 e. The average molecular weight is 368 g/mol. The van der Waals surface area contributed by atoms with Crippen LogP contribution in [0.25, 0.3) is 0 Å². The van der Waals surface area contributed by atoms with E-state index in [9.17, 15) is 4.79 Å². The van der Waals surface area contributed by atoms with Gasteiger partial charge in [-0.1, -0.05) is 19.1 Å². The second kappa shape index (κ2) is 8.88. The van der Waals surface area contributed by atoms with Crippen molar-refractivity contribution < 1.29 is 9.53 Å². The predicted octanol–water partition coefficient (Wildman–Crippen LogP) is 2.77. The molecule has 2 aliphatic heterocycles. The van der Waals surface area contributed by atoms with E-state index < -0.39 is 0 Å². The van der Waals surface area contributed by atoms with E-state index in [1.165, 1.54) is 6.42 Å². The number of nitrogens with zero attached hydrogens (tertiary/aromatic N) is 1. The molecular weight excluding hydrogens is 338 g/mol. The highest BCUT2D eigenvalue weighted by Crippen LogP contribution is 2.29. The van der Waals surface area contributed by atoms with Crippen molar-refractivity contribution in [3.05, 3.63) is 24.3 Å². The number of rotatable bonds is 5. The summed E-state index contributed by atoms with van der Waals surface area (Å²) in [6.07, 6.45) is 3.12. The van der Waals surface area contributed by atoms with Gasteiger partial charge in [0.25, 0.3) is 0 Å². The van der Waals surface area contributed by atoms with E-state index in [2.05, 4.69) is 22.5 Å². The molecule has 1 aromatic rings. The van der Waals surface area contributed by atoms with Gasteiger partial charge in [-0.05, 0) is 56.4 Å². The van der Waals surface area contributed by atoms with E-state index in [0.717, 1.165) is 51.3 Å². The van der Waals surface area contributed by atoms with Crippen LogP contribution >= 0.6 is 12.4 Å². The lowest BCUT2D eigenvalue weighted by Gasteiger charge is -2.36. The molecule has 0 spiro atoms. The van der Waals surface area contributed by atoms with Crippen molar-refractivity contribution in [2.75, 3.05) is 45.2 Å². The van der Waals surface area contributed by atoms with Gasteiger partial charge in [0.1, 0.15) is 5.75 Å². The first-order chi connectivity index (χ1) is 11.6. The Hall–Kier alpha value is -1.30. The number of likely N-dealkylation sites (tertiary alicyclic amines) is 1. The predicted molar refractivity (Wildman–Crippen MR) is 104 cm³/mol. The Labute approximate surface area is 156 Å². The highest BCUT2D eigenvalue weighted by atomic mass is 35.5. The van der Waals surface area contributed by atoms with Gasteiger partial charge in [0.2, 0.25) is 5.91 Å². The maximum Gasteiger partial charge on any atom is 0.227 e. The first-order valence-corrected chi connectivity index (χ1v) is 8.97. The Kier molecular flexibility index (Phi) is 7.11. The first-order valence-electron chi connectivity index (χ1n) is 8.97. The van der Waals surface area contributed by atoms with E-state index in [4.69, 9.17) is 4.74 Å². The normalized spacial score (nSPS) is 24.6. The smallest absolute Gasteiger partial charge is 0.227 e. The number of amides is 1. The fourth-order valence-corrected chi connectivity index (χ4v) is 3.88. The number of methoxy groups -OCH3 is 1. The number of piperidine rings is 1. The topological polar surface area (TPSA) is 53.6 Å². The number of para-hydroxylation sites is 2. The van der Waals surface area contributed by atoms with E-state index in [-0.39, 0.29) is 24.2 Å². The molecule has 0 aromatic heterocycles. The highest BCUT2D eigenvalue weighted by Gasteiger charge is 2.33. The van der Waals surface area contributed by atoms with Crippen molar-refractivity contribution in [1.82, 2.24) is 10.2 Å². The molecule has 2 fully saturated rings. The summed E-state index contributed by atoms with van der Waals surface area (Å²) in [6, 6.07) is 7.58. The number of ether oxygens (including phenoxy) is 1.